The number of anilines is 2. The molecule has 0 bridgehead atoms. The minimum atomic E-state index is -3.65. The van der Waals surface area contributed by atoms with Crippen molar-refractivity contribution in [2.75, 3.05) is 11.1 Å². The Balaban J connectivity index is 1.47. The minimum Gasteiger partial charge on any atom is -0.467 e. The maximum Gasteiger partial charge on any atom is 0.274 e. The molecular formula is C20H28N6O3S. The Morgan fingerprint density at radius 2 is 1.73 bits per heavy atom. The fourth-order valence-corrected chi connectivity index (χ4v) is 5.14. The number of hydrogen-bond acceptors (Lipinski definition) is 7. The van der Waals surface area contributed by atoms with Crippen LogP contribution in [0.4, 0.5) is 11.5 Å². The Bertz CT molecular complexity index is 1020. The summed E-state index contributed by atoms with van der Waals surface area (Å²) in [5.74, 6) is 1.23. The highest BCUT2D eigenvalue weighted by molar-refractivity contribution is 7.87. The smallest absolute Gasteiger partial charge is 0.274 e. The van der Waals surface area contributed by atoms with E-state index in [1.165, 1.54) is 11.9 Å². The first kappa shape index (κ1) is 20.8. The lowest BCUT2D eigenvalue weighted by Gasteiger charge is -2.40. The molecule has 0 spiro atoms. The van der Waals surface area contributed by atoms with E-state index in [0.29, 0.717) is 23.3 Å². The second kappa shape index (κ2) is 7.68. The van der Waals surface area contributed by atoms with Crippen LogP contribution in [-0.2, 0) is 10.2 Å². The van der Waals surface area contributed by atoms with Crippen LogP contribution in [0.3, 0.4) is 0 Å². The highest BCUT2D eigenvalue weighted by Gasteiger charge is 2.39. The van der Waals surface area contributed by atoms with Crippen LogP contribution in [0.1, 0.15) is 62.6 Å². The van der Waals surface area contributed by atoms with Crippen LogP contribution >= 0.6 is 0 Å². The number of aromatic nitrogens is 2. The van der Waals surface area contributed by atoms with E-state index in [2.05, 4.69) is 44.3 Å². The second-order valence-corrected chi connectivity index (χ2v) is 9.93. The SMILES string of the molecule is CC1(C)Oc2ncnc(N)c2NC1c1ccc(C2CCC(NS(N)(=O)=O)CC2)cc1. The van der Waals surface area contributed by atoms with Gasteiger partial charge < -0.3 is 15.8 Å². The van der Waals surface area contributed by atoms with Crippen molar-refractivity contribution in [3.63, 3.8) is 0 Å². The van der Waals surface area contributed by atoms with E-state index in [1.807, 2.05) is 13.8 Å². The van der Waals surface area contributed by atoms with Crippen LogP contribution in [0, 0.1) is 0 Å². The molecule has 2 heterocycles. The summed E-state index contributed by atoms with van der Waals surface area (Å²) in [6.07, 6.45) is 4.80. The number of nitrogens with two attached hydrogens (primary N) is 2. The van der Waals surface area contributed by atoms with Crippen molar-refractivity contribution in [3.8, 4) is 5.88 Å². The molecule has 1 aliphatic carbocycles. The van der Waals surface area contributed by atoms with E-state index in [9.17, 15) is 8.42 Å². The van der Waals surface area contributed by atoms with Crippen molar-refractivity contribution >= 4 is 21.7 Å². The van der Waals surface area contributed by atoms with Gasteiger partial charge in [0.1, 0.15) is 17.6 Å². The number of hydrogen-bond donors (Lipinski definition) is 4. The summed E-state index contributed by atoms with van der Waals surface area (Å²) in [7, 11) is -3.65. The van der Waals surface area contributed by atoms with Gasteiger partial charge in [0.25, 0.3) is 10.2 Å². The minimum absolute atomic E-state index is 0.0762. The average molecular weight is 433 g/mol. The molecule has 1 saturated carbocycles. The van der Waals surface area contributed by atoms with Gasteiger partial charge in [-0.25, -0.2) is 10.1 Å². The number of rotatable bonds is 4. The Kier molecular flexibility index (Phi) is 5.33. The molecule has 1 aliphatic heterocycles. The highest BCUT2D eigenvalue weighted by atomic mass is 32.2. The van der Waals surface area contributed by atoms with Crippen molar-refractivity contribution in [2.45, 2.75) is 63.1 Å². The van der Waals surface area contributed by atoms with Crippen LogP contribution < -0.4 is 25.6 Å². The predicted octanol–water partition coefficient (Wildman–Crippen LogP) is 2.20. The second-order valence-electron chi connectivity index (χ2n) is 8.60. The lowest BCUT2D eigenvalue weighted by Crippen LogP contribution is -2.44. The van der Waals surface area contributed by atoms with Crippen molar-refractivity contribution in [1.29, 1.82) is 0 Å². The summed E-state index contributed by atoms with van der Waals surface area (Å²) in [4.78, 5) is 8.23. The molecule has 10 heteroatoms. The van der Waals surface area contributed by atoms with Gasteiger partial charge in [-0.2, -0.15) is 18.1 Å². The van der Waals surface area contributed by atoms with Gasteiger partial charge in [-0.15, -0.1) is 0 Å². The fourth-order valence-electron chi connectivity index (χ4n) is 4.44. The third-order valence-corrected chi connectivity index (χ3v) is 6.65. The predicted molar refractivity (Wildman–Crippen MR) is 115 cm³/mol. The first-order valence-corrected chi connectivity index (χ1v) is 11.6. The molecule has 1 atom stereocenters. The van der Waals surface area contributed by atoms with Crippen molar-refractivity contribution in [2.24, 2.45) is 5.14 Å². The number of nitrogen functional groups attached to an aromatic ring is 1. The fraction of sp³-hybridized carbons (Fsp3) is 0.500. The molecule has 6 N–H and O–H groups in total. The van der Waals surface area contributed by atoms with E-state index >= 15 is 0 Å². The molecular weight excluding hydrogens is 404 g/mol. The molecule has 1 fully saturated rings. The maximum atomic E-state index is 11.2. The number of benzene rings is 1. The monoisotopic (exact) mass is 432 g/mol. The van der Waals surface area contributed by atoms with Crippen LogP contribution in [0.5, 0.6) is 5.88 Å². The summed E-state index contributed by atoms with van der Waals surface area (Å²) in [5, 5.41) is 8.54. The van der Waals surface area contributed by atoms with E-state index in [-0.39, 0.29) is 12.1 Å². The number of nitrogens with one attached hydrogen (secondary N) is 2. The first-order chi connectivity index (χ1) is 14.1. The third kappa shape index (κ3) is 4.35. The van der Waals surface area contributed by atoms with Gasteiger partial charge in [-0.3, -0.25) is 0 Å². The molecule has 0 amide bonds. The van der Waals surface area contributed by atoms with Gasteiger partial charge in [0.15, 0.2) is 5.82 Å². The Morgan fingerprint density at radius 1 is 1.10 bits per heavy atom. The molecule has 4 rings (SSSR count). The number of ether oxygens (including phenoxy) is 1. The van der Waals surface area contributed by atoms with Gasteiger partial charge in [0, 0.05) is 6.04 Å². The van der Waals surface area contributed by atoms with E-state index in [0.717, 1.165) is 31.2 Å². The third-order valence-electron chi connectivity index (χ3n) is 5.98. The highest BCUT2D eigenvalue weighted by Crippen LogP contribution is 2.43. The number of nitrogens with zero attached hydrogens (tertiary/aromatic N) is 2. The molecule has 1 unspecified atom stereocenters. The van der Waals surface area contributed by atoms with E-state index in [1.54, 1.807) is 0 Å². The number of fused-ring (bicyclic) bond motifs is 1. The zero-order valence-corrected chi connectivity index (χ0v) is 17.9. The summed E-state index contributed by atoms with van der Waals surface area (Å²) in [5.41, 5.74) is 8.43. The molecule has 1 aromatic carbocycles. The zero-order chi connectivity index (χ0) is 21.5. The molecule has 0 saturated heterocycles. The summed E-state index contributed by atoms with van der Waals surface area (Å²) in [6.45, 7) is 4.03. The topological polar surface area (TPSA) is 145 Å². The van der Waals surface area contributed by atoms with Crippen LogP contribution in [0.25, 0.3) is 0 Å². The zero-order valence-electron chi connectivity index (χ0n) is 17.1. The Morgan fingerprint density at radius 3 is 2.37 bits per heavy atom. The largest absolute Gasteiger partial charge is 0.467 e. The molecule has 2 aromatic rings. The van der Waals surface area contributed by atoms with Crippen molar-refractivity contribution in [1.82, 2.24) is 14.7 Å². The summed E-state index contributed by atoms with van der Waals surface area (Å²) < 4.78 is 31.1. The molecule has 2 aliphatic rings. The van der Waals surface area contributed by atoms with Crippen molar-refractivity contribution < 1.29 is 13.2 Å². The van der Waals surface area contributed by atoms with Crippen molar-refractivity contribution in [3.05, 3.63) is 41.7 Å². The first-order valence-electron chi connectivity index (χ1n) is 10.1. The lowest BCUT2D eigenvalue weighted by atomic mass is 9.81. The van der Waals surface area contributed by atoms with Gasteiger partial charge >= 0.3 is 0 Å². The molecule has 30 heavy (non-hydrogen) atoms. The summed E-state index contributed by atoms with van der Waals surface area (Å²) >= 11 is 0. The van der Waals surface area contributed by atoms with Crippen LogP contribution in [0.2, 0.25) is 0 Å². The van der Waals surface area contributed by atoms with Crippen LogP contribution in [-0.4, -0.2) is 30.0 Å². The molecule has 9 nitrogen and oxygen atoms in total. The standard InChI is InChI=1S/C20H28N6O3S/c1-20(2)17(25-16-18(21)23-11-24-19(16)29-20)14-5-3-12(4-6-14)13-7-9-15(10-8-13)26-30(22,27)28/h3-6,11,13,15,17,25-26H,7-10H2,1-2H3,(H2,21,23,24)(H2,22,27,28). The Hall–Kier alpha value is -2.43. The maximum absolute atomic E-state index is 11.2. The van der Waals surface area contributed by atoms with Gasteiger partial charge in [-0.05, 0) is 56.6 Å². The van der Waals surface area contributed by atoms with E-state index < -0.39 is 15.8 Å². The summed E-state index contributed by atoms with van der Waals surface area (Å²) in [6, 6.07) is 8.32. The quantitative estimate of drug-likeness (QED) is 0.579. The molecule has 1 aromatic heterocycles. The van der Waals surface area contributed by atoms with Crippen LogP contribution in [0.15, 0.2) is 30.6 Å². The Labute approximate surface area is 176 Å². The average Bonchev–Trinajstić information content (AvgIpc) is 2.67. The van der Waals surface area contributed by atoms with Gasteiger partial charge in [-0.1, -0.05) is 24.3 Å². The lowest BCUT2D eigenvalue weighted by molar-refractivity contribution is 0.0722. The van der Waals surface area contributed by atoms with E-state index in [4.69, 9.17) is 15.6 Å². The molecule has 0 radical (unpaired) electrons. The van der Waals surface area contributed by atoms with Gasteiger partial charge in [0.05, 0.1) is 6.04 Å². The molecule has 162 valence electrons. The van der Waals surface area contributed by atoms with Gasteiger partial charge in [0.2, 0.25) is 5.88 Å². The normalized spacial score (nSPS) is 25.6.